The molecule has 0 saturated carbocycles. The maximum absolute atomic E-state index is 12.7. The number of allylic oxidation sites excluding steroid dienone is 2. The number of carbonyl (C=O) groups is 1. The highest BCUT2D eigenvalue weighted by molar-refractivity contribution is 7.45. The third-order valence-electron chi connectivity index (χ3n) is 9.82. The molecule has 0 amide bonds. The third kappa shape index (κ3) is 42.2. The van der Waals surface area contributed by atoms with Crippen LogP contribution in [-0.2, 0) is 27.9 Å². The Labute approximate surface area is 329 Å². The van der Waals surface area contributed by atoms with Gasteiger partial charge in [-0.1, -0.05) is 174 Å². The summed E-state index contributed by atoms with van der Waals surface area (Å²) in [5, 5.41) is 0. The SMILES string of the molecule is CCCCCCCCC/C=C\CCCCCCCCCC(=O)OC(COCCCCCCCCCCCCCCC)COP(=O)([O-])OCC[N+](C)(C)C. The van der Waals surface area contributed by atoms with E-state index in [4.69, 9.17) is 18.5 Å². The van der Waals surface area contributed by atoms with Crippen molar-refractivity contribution < 1.29 is 37.3 Å². The molecule has 0 radical (unpaired) electrons. The molecule has 9 heteroatoms. The van der Waals surface area contributed by atoms with Gasteiger partial charge in [0.15, 0.2) is 0 Å². The zero-order valence-corrected chi connectivity index (χ0v) is 36.6. The number of carbonyl (C=O) groups excluding carboxylic acids is 1. The van der Waals surface area contributed by atoms with Gasteiger partial charge in [-0.25, -0.2) is 0 Å². The minimum absolute atomic E-state index is 0.0285. The van der Waals surface area contributed by atoms with Crippen molar-refractivity contribution >= 4 is 13.8 Å². The van der Waals surface area contributed by atoms with Crippen molar-refractivity contribution in [1.82, 2.24) is 0 Å². The van der Waals surface area contributed by atoms with E-state index in [-0.39, 0.29) is 25.8 Å². The predicted molar refractivity (Wildman–Crippen MR) is 222 cm³/mol. The van der Waals surface area contributed by atoms with Crippen LogP contribution in [0.5, 0.6) is 0 Å². The van der Waals surface area contributed by atoms with Crippen LogP contribution < -0.4 is 4.89 Å². The Hall–Kier alpha value is -0.760. The van der Waals surface area contributed by atoms with Crippen molar-refractivity contribution in [2.75, 3.05) is 54.1 Å². The summed E-state index contributed by atoms with van der Waals surface area (Å²) in [6, 6.07) is 0. The van der Waals surface area contributed by atoms with Gasteiger partial charge in [-0.3, -0.25) is 9.36 Å². The van der Waals surface area contributed by atoms with Crippen LogP contribution in [0.3, 0.4) is 0 Å². The van der Waals surface area contributed by atoms with E-state index in [2.05, 4.69) is 26.0 Å². The molecule has 0 saturated heterocycles. The first-order valence-electron chi connectivity index (χ1n) is 22.4. The summed E-state index contributed by atoms with van der Waals surface area (Å²) < 4.78 is 34.6. The van der Waals surface area contributed by atoms with E-state index in [1.54, 1.807) is 0 Å². The highest BCUT2D eigenvalue weighted by Gasteiger charge is 2.20. The number of hydrogen-bond donors (Lipinski definition) is 0. The molecular formula is C44H88NO7P. The zero-order valence-electron chi connectivity index (χ0n) is 35.7. The Bertz CT molecular complexity index is 863. The van der Waals surface area contributed by atoms with Crippen molar-refractivity contribution in [3.8, 4) is 0 Å². The van der Waals surface area contributed by atoms with E-state index in [9.17, 15) is 14.3 Å². The average molecular weight is 774 g/mol. The minimum atomic E-state index is -4.52. The minimum Gasteiger partial charge on any atom is -0.756 e. The van der Waals surface area contributed by atoms with Gasteiger partial charge in [0, 0.05) is 13.0 Å². The first-order chi connectivity index (χ1) is 25.6. The Kier molecular flexibility index (Phi) is 37.6. The Balaban J connectivity index is 4.19. The lowest BCUT2D eigenvalue weighted by molar-refractivity contribution is -0.870. The molecule has 316 valence electrons. The van der Waals surface area contributed by atoms with Crippen LogP contribution in [0, 0.1) is 0 Å². The van der Waals surface area contributed by atoms with Gasteiger partial charge in [-0.05, 0) is 38.5 Å². The summed E-state index contributed by atoms with van der Waals surface area (Å²) in [4.78, 5) is 25.0. The van der Waals surface area contributed by atoms with Gasteiger partial charge in [0.25, 0.3) is 7.82 Å². The van der Waals surface area contributed by atoms with Crippen molar-refractivity contribution in [3.63, 3.8) is 0 Å². The first-order valence-corrected chi connectivity index (χ1v) is 23.9. The van der Waals surface area contributed by atoms with E-state index in [1.807, 2.05) is 21.1 Å². The summed E-state index contributed by atoms with van der Waals surface area (Å²) >= 11 is 0. The summed E-state index contributed by atoms with van der Waals surface area (Å²) in [7, 11) is 1.36. The van der Waals surface area contributed by atoms with Crippen molar-refractivity contribution in [1.29, 1.82) is 0 Å². The molecule has 0 aliphatic rings. The van der Waals surface area contributed by atoms with E-state index in [0.29, 0.717) is 24.1 Å². The number of esters is 1. The van der Waals surface area contributed by atoms with Gasteiger partial charge in [-0.2, -0.15) is 0 Å². The van der Waals surface area contributed by atoms with Crippen LogP contribution in [-0.4, -0.2) is 70.7 Å². The molecule has 0 bridgehead atoms. The van der Waals surface area contributed by atoms with E-state index in [0.717, 1.165) is 32.1 Å². The molecule has 0 N–H and O–H groups in total. The van der Waals surface area contributed by atoms with Gasteiger partial charge < -0.3 is 27.9 Å². The smallest absolute Gasteiger partial charge is 0.306 e. The molecule has 2 unspecified atom stereocenters. The second kappa shape index (κ2) is 38.1. The highest BCUT2D eigenvalue weighted by Crippen LogP contribution is 2.38. The number of phosphoric acid groups is 1. The number of hydrogen-bond acceptors (Lipinski definition) is 7. The summed E-state index contributed by atoms with van der Waals surface area (Å²) in [6.45, 7) is 5.44. The molecule has 8 nitrogen and oxygen atoms in total. The van der Waals surface area contributed by atoms with Gasteiger partial charge in [-0.15, -0.1) is 0 Å². The molecule has 2 atom stereocenters. The fourth-order valence-electron chi connectivity index (χ4n) is 6.31. The van der Waals surface area contributed by atoms with Crippen LogP contribution >= 0.6 is 7.82 Å². The molecule has 0 aliphatic heterocycles. The fraction of sp³-hybridized carbons (Fsp3) is 0.932. The molecule has 0 aromatic heterocycles. The molecule has 53 heavy (non-hydrogen) atoms. The van der Waals surface area contributed by atoms with Crippen LogP contribution in [0.2, 0.25) is 0 Å². The maximum atomic E-state index is 12.7. The number of likely N-dealkylation sites (N-methyl/N-ethyl adjacent to an activating group) is 1. The van der Waals surface area contributed by atoms with Gasteiger partial charge in [0.1, 0.15) is 19.3 Å². The van der Waals surface area contributed by atoms with Crippen LogP contribution in [0.1, 0.15) is 206 Å². The molecule has 0 fully saturated rings. The molecule has 0 spiro atoms. The number of ether oxygens (including phenoxy) is 2. The molecule has 0 rings (SSSR count). The van der Waals surface area contributed by atoms with Gasteiger partial charge >= 0.3 is 5.97 Å². The standard InChI is InChI=1S/C44H88NO7P/c1-6-8-10-12-14-16-18-20-21-22-23-24-25-27-29-31-33-35-37-44(46)52-43(42-51-53(47,48)50-40-38-45(3,4)5)41-49-39-36-34-32-30-28-26-19-17-15-13-11-9-7-2/h21-22,43H,6-20,23-42H2,1-5H3/b22-21-. The van der Waals surface area contributed by atoms with Crippen molar-refractivity contribution in [2.45, 2.75) is 213 Å². The lowest BCUT2D eigenvalue weighted by atomic mass is 10.0. The monoisotopic (exact) mass is 774 g/mol. The van der Waals surface area contributed by atoms with E-state index < -0.39 is 13.9 Å². The average Bonchev–Trinajstić information content (AvgIpc) is 3.11. The summed E-state index contributed by atoms with van der Waals surface area (Å²) in [5.74, 6) is -0.335. The second-order valence-corrected chi connectivity index (χ2v) is 17.8. The van der Waals surface area contributed by atoms with Gasteiger partial charge in [0.05, 0.1) is 34.4 Å². The maximum Gasteiger partial charge on any atom is 0.306 e. The number of phosphoric ester groups is 1. The van der Waals surface area contributed by atoms with Crippen molar-refractivity contribution in [2.24, 2.45) is 0 Å². The number of rotatable bonds is 42. The number of unbranched alkanes of at least 4 members (excludes halogenated alkanes) is 26. The molecule has 0 aromatic rings. The molecular weight excluding hydrogens is 685 g/mol. The lowest BCUT2D eigenvalue weighted by Crippen LogP contribution is -2.37. The van der Waals surface area contributed by atoms with Crippen LogP contribution in [0.4, 0.5) is 0 Å². The Morgan fingerprint density at radius 3 is 1.43 bits per heavy atom. The molecule has 0 aromatic carbocycles. The normalized spacial score (nSPS) is 13.8. The van der Waals surface area contributed by atoms with Crippen LogP contribution in [0.15, 0.2) is 12.2 Å². The molecule has 0 heterocycles. The lowest BCUT2D eigenvalue weighted by Gasteiger charge is -2.28. The van der Waals surface area contributed by atoms with Crippen LogP contribution in [0.25, 0.3) is 0 Å². The van der Waals surface area contributed by atoms with E-state index in [1.165, 1.54) is 154 Å². The third-order valence-corrected chi connectivity index (χ3v) is 10.8. The Morgan fingerprint density at radius 2 is 0.981 bits per heavy atom. The quantitative estimate of drug-likeness (QED) is 0.0200. The highest BCUT2D eigenvalue weighted by atomic mass is 31.2. The number of quaternary nitrogens is 1. The summed E-state index contributed by atoms with van der Waals surface area (Å²) in [6.07, 6.45) is 40.7. The molecule has 0 aliphatic carbocycles. The second-order valence-electron chi connectivity index (χ2n) is 16.4. The van der Waals surface area contributed by atoms with Crippen molar-refractivity contribution in [3.05, 3.63) is 12.2 Å². The Morgan fingerprint density at radius 1 is 0.566 bits per heavy atom. The van der Waals surface area contributed by atoms with E-state index >= 15 is 0 Å². The van der Waals surface area contributed by atoms with Gasteiger partial charge in [0.2, 0.25) is 0 Å². The summed E-state index contributed by atoms with van der Waals surface area (Å²) in [5.41, 5.74) is 0. The number of nitrogens with zero attached hydrogens (tertiary/aromatic N) is 1. The first kappa shape index (κ1) is 52.2. The largest absolute Gasteiger partial charge is 0.756 e. The fourth-order valence-corrected chi connectivity index (χ4v) is 7.03. The predicted octanol–water partition coefficient (Wildman–Crippen LogP) is 12.4. The topological polar surface area (TPSA) is 94.1 Å². The zero-order chi connectivity index (χ0) is 39.1.